The van der Waals surface area contributed by atoms with Crippen molar-refractivity contribution in [3.05, 3.63) is 180 Å². The normalized spacial score (nSPS) is 11.3. The fourth-order valence-corrected chi connectivity index (χ4v) is 8.29. The number of nitrogens with zero attached hydrogens (tertiary/aromatic N) is 2. The van der Waals surface area contributed by atoms with Gasteiger partial charge < -0.3 is 9.80 Å². The molecule has 0 aliphatic rings. The van der Waals surface area contributed by atoms with Crippen LogP contribution in [0.3, 0.4) is 0 Å². The van der Waals surface area contributed by atoms with Gasteiger partial charge in [-0.2, -0.15) is 0 Å². The smallest absolute Gasteiger partial charge is 0.150 e. The predicted molar refractivity (Wildman–Crippen MR) is 246 cm³/mol. The zero-order chi connectivity index (χ0) is 39.8. The van der Waals surface area contributed by atoms with Gasteiger partial charge in [-0.05, 0) is 166 Å². The quantitative estimate of drug-likeness (QED) is 0.0559. The van der Waals surface area contributed by atoms with Crippen molar-refractivity contribution in [1.82, 2.24) is 0 Å². The number of fused-ring (bicyclic) bond motifs is 6. The van der Waals surface area contributed by atoms with Crippen LogP contribution in [-0.2, 0) is 12.8 Å². The molecular formula is C54H50N2O2. The predicted octanol–water partition coefficient (Wildman–Crippen LogP) is 15.2. The summed E-state index contributed by atoms with van der Waals surface area (Å²) in [6.07, 6.45) is 11.2. The van der Waals surface area contributed by atoms with Crippen molar-refractivity contribution >= 4 is 79.0 Å². The molecule has 4 heteroatoms. The van der Waals surface area contributed by atoms with Crippen molar-refractivity contribution < 1.29 is 9.59 Å². The molecule has 4 nitrogen and oxygen atoms in total. The Balaban J connectivity index is 1.25. The van der Waals surface area contributed by atoms with E-state index in [1.54, 1.807) is 0 Å². The van der Waals surface area contributed by atoms with E-state index in [-0.39, 0.29) is 0 Å². The van der Waals surface area contributed by atoms with E-state index < -0.39 is 0 Å². The molecular weight excluding hydrogens is 709 g/mol. The molecule has 0 saturated carbocycles. The first kappa shape index (κ1) is 38.4. The number of anilines is 6. The zero-order valence-electron chi connectivity index (χ0n) is 33.5. The summed E-state index contributed by atoms with van der Waals surface area (Å²) in [7, 11) is 0. The lowest BCUT2D eigenvalue weighted by molar-refractivity contribution is 0.111. The molecule has 0 aliphatic carbocycles. The zero-order valence-corrected chi connectivity index (χ0v) is 33.5. The summed E-state index contributed by atoms with van der Waals surface area (Å²) < 4.78 is 0. The molecule has 8 aromatic carbocycles. The van der Waals surface area contributed by atoms with Crippen molar-refractivity contribution in [2.45, 2.75) is 65.2 Å². The molecule has 0 aliphatic heterocycles. The van der Waals surface area contributed by atoms with Crippen molar-refractivity contribution in [2.24, 2.45) is 0 Å². The maximum Gasteiger partial charge on any atom is 0.150 e. The van der Waals surface area contributed by atoms with Crippen molar-refractivity contribution in [3.8, 4) is 0 Å². The third-order valence-corrected chi connectivity index (χ3v) is 11.4. The van der Waals surface area contributed by atoms with Crippen molar-refractivity contribution in [2.75, 3.05) is 9.80 Å². The van der Waals surface area contributed by atoms with Gasteiger partial charge >= 0.3 is 0 Å². The monoisotopic (exact) mass is 758 g/mol. The Labute approximate surface area is 342 Å². The molecule has 0 bridgehead atoms. The lowest BCUT2D eigenvalue weighted by Crippen LogP contribution is -2.10. The molecule has 0 fully saturated rings. The lowest BCUT2D eigenvalue weighted by atomic mass is 9.93. The Hall–Kier alpha value is -6.52. The van der Waals surface area contributed by atoms with Gasteiger partial charge in [0.2, 0.25) is 0 Å². The van der Waals surface area contributed by atoms with Gasteiger partial charge in [-0.3, -0.25) is 9.59 Å². The fourth-order valence-electron chi connectivity index (χ4n) is 8.29. The molecule has 0 aromatic heterocycles. The van der Waals surface area contributed by atoms with Gasteiger partial charge in [-0.25, -0.2) is 0 Å². The second-order valence-corrected chi connectivity index (χ2v) is 15.3. The van der Waals surface area contributed by atoms with E-state index in [0.717, 1.165) is 59.5 Å². The second-order valence-electron chi connectivity index (χ2n) is 15.3. The number of unbranched alkanes of at least 4 members (excludes halogenated alkanes) is 4. The number of aryl methyl sites for hydroxylation is 2. The summed E-state index contributed by atoms with van der Waals surface area (Å²) in [6, 6.07) is 55.9. The molecule has 0 heterocycles. The SMILES string of the molecule is CCCCCc1ccc(N(c2ccc(C=O)cc2)c2ccc3c4ccc(N(c5ccc(C=O)cc5)c5ccc(CCCCC)cc5)cc4c4ccccc4c3c2)cc1. The number of carbonyl (C=O) groups excluding carboxylic acids is 2. The van der Waals surface area contributed by atoms with Gasteiger partial charge in [0.25, 0.3) is 0 Å². The topological polar surface area (TPSA) is 40.6 Å². The highest BCUT2D eigenvalue weighted by atomic mass is 16.1. The van der Waals surface area contributed by atoms with Crippen molar-refractivity contribution in [1.29, 1.82) is 0 Å². The van der Waals surface area contributed by atoms with Gasteiger partial charge in [0.1, 0.15) is 12.6 Å². The van der Waals surface area contributed by atoms with Crippen LogP contribution in [0.4, 0.5) is 34.1 Å². The molecule has 288 valence electrons. The summed E-state index contributed by atoms with van der Waals surface area (Å²) in [6.45, 7) is 4.48. The molecule has 0 atom stereocenters. The van der Waals surface area contributed by atoms with E-state index in [2.05, 4.69) is 133 Å². The van der Waals surface area contributed by atoms with Crippen LogP contribution >= 0.6 is 0 Å². The van der Waals surface area contributed by atoms with E-state index in [1.165, 1.54) is 82.0 Å². The lowest BCUT2D eigenvalue weighted by Gasteiger charge is -2.27. The average molecular weight is 759 g/mol. The number of aldehydes is 2. The molecule has 0 saturated heterocycles. The number of hydrogen-bond acceptors (Lipinski definition) is 4. The van der Waals surface area contributed by atoms with Crippen LogP contribution in [0, 0.1) is 0 Å². The largest absolute Gasteiger partial charge is 0.310 e. The van der Waals surface area contributed by atoms with Crippen LogP contribution in [0.25, 0.3) is 32.3 Å². The molecule has 0 radical (unpaired) electrons. The van der Waals surface area contributed by atoms with Gasteiger partial charge in [-0.1, -0.05) is 100 Å². The summed E-state index contributed by atoms with van der Waals surface area (Å²) >= 11 is 0. The van der Waals surface area contributed by atoms with Crippen LogP contribution in [0.15, 0.2) is 158 Å². The molecule has 0 unspecified atom stereocenters. The van der Waals surface area contributed by atoms with E-state index in [4.69, 9.17) is 0 Å². The van der Waals surface area contributed by atoms with E-state index in [1.807, 2.05) is 48.5 Å². The number of rotatable bonds is 16. The van der Waals surface area contributed by atoms with Gasteiger partial charge in [0.05, 0.1) is 0 Å². The highest BCUT2D eigenvalue weighted by Gasteiger charge is 2.18. The number of benzene rings is 8. The Bertz CT molecular complexity index is 2460. The summed E-state index contributed by atoms with van der Waals surface area (Å²) in [5.74, 6) is 0. The first-order valence-electron chi connectivity index (χ1n) is 20.9. The van der Waals surface area contributed by atoms with E-state index >= 15 is 0 Å². The van der Waals surface area contributed by atoms with Crippen LogP contribution in [-0.4, -0.2) is 12.6 Å². The summed E-state index contributed by atoms with van der Waals surface area (Å²) in [4.78, 5) is 27.8. The third-order valence-electron chi connectivity index (χ3n) is 11.4. The Kier molecular flexibility index (Phi) is 11.7. The second kappa shape index (κ2) is 17.7. The van der Waals surface area contributed by atoms with Gasteiger partial charge in [0, 0.05) is 45.3 Å². The first-order chi connectivity index (χ1) is 28.6. The third kappa shape index (κ3) is 8.01. The van der Waals surface area contributed by atoms with E-state index in [9.17, 15) is 9.59 Å². The van der Waals surface area contributed by atoms with Crippen molar-refractivity contribution in [3.63, 3.8) is 0 Å². The number of carbonyl (C=O) groups is 2. The molecule has 8 rings (SSSR count). The Morgan fingerprint density at radius 1 is 0.362 bits per heavy atom. The molecule has 0 spiro atoms. The average Bonchev–Trinajstić information content (AvgIpc) is 3.28. The van der Waals surface area contributed by atoms with Gasteiger partial charge in [-0.15, -0.1) is 0 Å². The fraction of sp³-hybridized carbons (Fsp3) is 0.185. The van der Waals surface area contributed by atoms with Gasteiger partial charge in [0.15, 0.2) is 0 Å². The minimum absolute atomic E-state index is 0.654. The maximum atomic E-state index is 11.6. The number of hydrogen-bond donors (Lipinski definition) is 0. The van der Waals surface area contributed by atoms with Crippen LogP contribution in [0.1, 0.15) is 84.2 Å². The van der Waals surface area contributed by atoms with Crippen LogP contribution < -0.4 is 9.80 Å². The highest BCUT2D eigenvalue weighted by Crippen LogP contribution is 2.43. The van der Waals surface area contributed by atoms with Crippen LogP contribution in [0.5, 0.6) is 0 Å². The Morgan fingerprint density at radius 3 is 1.03 bits per heavy atom. The molecule has 0 N–H and O–H groups in total. The molecule has 0 amide bonds. The summed E-state index contributed by atoms with van der Waals surface area (Å²) in [5, 5.41) is 7.10. The van der Waals surface area contributed by atoms with Crippen LogP contribution in [0.2, 0.25) is 0 Å². The van der Waals surface area contributed by atoms with E-state index in [0.29, 0.717) is 11.1 Å². The minimum atomic E-state index is 0.654. The molecule has 8 aromatic rings. The molecule has 58 heavy (non-hydrogen) atoms. The standard InChI is InChI=1S/C54H50N2O2/c1-3-5-7-11-39-15-23-43(24-16-39)55(45-27-19-41(37-57)20-28-45)47-31-33-51-52-34-32-48(36-54(52)50-14-10-9-13-49(50)53(51)35-47)56(46-29-21-42(38-58)22-30-46)44-25-17-40(18-26-44)12-8-6-4-2/h9-10,13-38H,3-8,11-12H2,1-2H3. The minimum Gasteiger partial charge on any atom is -0.310 e. The Morgan fingerprint density at radius 2 is 0.690 bits per heavy atom. The first-order valence-corrected chi connectivity index (χ1v) is 20.9. The highest BCUT2D eigenvalue weighted by molar-refractivity contribution is 6.26. The maximum absolute atomic E-state index is 11.6. The summed E-state index contributed by atoms with van der Waals surface area (Å²) in [5.41, 5.74) is 10.2.